The van der Waals surface area contributed by atoms with Gasteiger partial charge in [0, 0.05) is 15.9 Å². The Morgan fingerprint density at radius 3 is 1.84 bits per heavy atom. The van der Waals surface area contributed by atoms with Gasteiger partial charge < -0.3 is 0 Å². The fourth-order valence-electron chi connectivity index (χ4n) is 4.88. The maximum atomic E-state index is 14.7. The van der Waals surface area contributed by atoms with Gasteiger partial charge in [-0.05, 0) is 76.9 Å². The average Bonchev–Trinajstić information content (AvgIpc) is 2.66. The summed E-state index contributed by atoms with van der Waals surface area (Å²) in [6.07, 6.45) is 0. The lowest BCUT2D eigenvalue weighted by atomic mass is 9.71. The molecule has 0 amide bonds. The normalized spacial score (nSPS) is 12.5. The molecule has 0 aliphatic carbocycles. The molecular weight excluding hydrogens is 403 g/mol. The summed E-state index contributed by atoms with van der Waals surface area (Å²) in [5.74, 6) is 0.0578. The van der Waals surface area contributed by atoms with Crippen LogP contribution in [-0.4, -0.2) is 0 Å². The fraction of sp³-hybridized carbons (Fsp3) is 0.379. The lowest BCUT2D eigenvalue weighted by Gasteiger charge is -2.33. The van der Waals surface area contributed by atoms with Crippen LogP contribution in [0.3, 0.4) is 0 Å². The highest BCUT2D eigenvalue weighted by atomic mass is 35.5. The summed E-state index contributed by atoms with van der Waals surface area (Å²) in [5.41, 5.74) is 7.49. The van der Waals surface area contributed by atoms with Crippen LogP contribution in [0.5, 0.6) is 0 Å². The highest BCUT2D eigenvalue weighted by Crippen LogP contribution is 2.40. The van der Waals surface area contributed by atoms with E-state index in [1.807, 2.05) is 32.0 Å². The summed E-state index contributed by atoms with van der Waals surface area (Å²) in [6.45, 7) is 17.2. The summed E-state index contributed by atoms with van der Waals surface area (Å²) in [5, 5.41) is 0.755. The summed E-state index contributed by atoms with van der Waals surface area (Å²) in [6, 6.07) is 18.4. The Balaban J connectivity index is 2.08. The van der Waals surface area contributed by atoms with Crippen LogP contribution in [0.15, 0.2) is 54.6 Å². The van der Waals surface area contributed by atoms with Crippen molar-refractivity contribution < 1.29 is 4.39 Å². The molecule has 164 valence electrons. The van der Waals surface area contributed by atoms with Crippen molar-refractivity contribution in [1.29, 1.82) is 0 Å². The third-order valence-corrected chi connectivity index (χ3v) is 7.00. The van der Waals surface area contributed by atoms with E-state index in [4.69, 9.17) is 11.6 Å². The van der Waals surface area contributed by atoms with Crippen LogP contribution in [0.4, 0.5) is 4.39 Å². The van der Waals surface area contributed by atoms with E-state index in [2.05, 4.69) is 71.9 Å². The lowest BCUT2D eigenvalue weighted by molar-refractivity contribution is 0.578. The second-order valence-corrected chi connectivity index (χ2v) is 10.6. The summed E-state index contributed by atoms with van der Waals surface area (Å²) in [7, 11) is 0. The van der Waals surface area contributed by atoms with E-state index in [0.29, 0.717) is 0 Å². The molecule has 0 atom stereocenters. The van der Waals surface area contributed by atoms with E-state index >= 15 is 0 Å². The molecule has 0 nitrogen and oxygen atoms in total. The molecule has 0 aliphatic heterocycles. The molecule has 0 spiro atoms. The zero-order chi connectivity index (χ0) is 23.1. The largest absolute Gasteiger partial charge is 0.207 e. The Labute approximate surface area is 192 Å². The molecule has 0 fully saturated rings. The maximum Gasteiger partial charge on any atom is 0.126 e. The standard InChI is InChI=1S/C29H34ClF/c1-18(2)25-13-12-22(17-26(25)31)28(5,6)23-14-19(3)27(20(4)15-23)29(7,8)21-10-9-11-24(30)16-21/h9-18H,1-8H3. The van der Waals surface area contributed by atoms with Crippen LogP contribution >= 0.6 is 11.6 Å². The third kappa shape index (κ3) is 4.44. The Morgan fingerprint density at radius 1 is 0.742 bits per heavy atom. The van der Waals surface area contributed by atoms with Gasteiger partial charge in [0.25, 0.3) is 0 Å². The second-order valence-electron chi connectivity index (χ2n) is 10.1. The zero-order valence-corrected chi connectivity index (χ0v) is 20.8. The summed E-state index contributed by atoms with van der Waals surface area (Å²) >= 11 is 6.28. The summed E-state index contributed by atoms with van der Waals surface area (Å²) < 4.78 is 14.7. The molecule has 3 rings (SSSR count). The van der Waals surface area contributed by atoms with Crippen LogP contribution in [0.1, 0.15) is 86.4 Å². The van der Waals surface area contributed by atoms with E-state index < -0.39 is 0 Å². The first-order valence-electron chi connectivity index (χ1n) is 11.0. The minimum Gasteiger partial charge on any atom is -0.207 e. The molecular formula is C29H34ClF. The van der Waals surface area contributed by atoms with Gasteiger partial charge in [-0.15, -0.1) is 0 Å². The molecule has 0 heterocycles. The smallest absolute Gasteiger partial charge is 0.126 e. The molecule has 3 aromatic carbocycles. The van der Waals surface area contributed by atoms with Gasteiger partial charge in [0.15, 0.2) is 0 Å². The molecule has 0 aromatic heterocycles. The van der Waals surface area contributed by atoms with Crippen molar-refractivity contribution in [3.63, 3.8) is 0 Å². The average molecular weight is 437 g/mol. The molecule has 0 N–H and O–H groups in total. The Hall–Kier alpha value is -2.12. The van der Waals surface area contributed by atoms with Gasteiger partial charge in [0.05, 0.1) is 0 Å². The number of benzene rings is 3. The van der Waals surface area contributed by atoms with E-state index in [0.717, 1.165) is 16.1 Å². The molecule has 0 saturated heterocycles. The lowest BCUT2D eigenvalue weighted by Crippen LogP contribution is -2.24. The Kier molecular flexibility index (Phi) is 6.40. The first-order valence-corrected chi connectivity index (χ1v) is 11.4. The number of hydrogen-bond acceptors (Lipinski definition) is 0. The van der Waals surface area contributed by atoms with Gasteiger partial charge in [-0.3, -0.25) is 0 Å². The van der Waals surface area contributed by atoms with Crippen molar-refractivity contribution in [2.24, 2.45) is 0 Å². The Morgan fingerprint density at radius 2 is 1.32 bits per heavy atom. The molecule has 0 saturated carbocycles. The predicted octanol–water partition coefficient (Wildman–Crippen LogP) is 8.87. The molecule has 31 heavy (non-hydrogen) atoms. The van der Waals surface area contributed by atoms with Crippen LogP contribution in [0.25, 0.3) is 0 Å². The quantitative estimate of drug-likeness (QED) is 0.374. The third-order valence-electron chi connectivity index (χ3n) is 6.77. The molecule has 0 bridgehead atoms. The van der Waals surface area contributed by atoms with E-state index in [-0.39, 0.29) is 22.6 Å². The Bertz CT molecular complexity index is 1080. The molecule has 0 aliphatic rings. The minimum atomic E-state index is -0.301. The van der Waals surface area contributed by atoms with Gasteiger partial charge in [-0.25, -0.2) is 4.39 Å². The maximum absolute atomic E-state index is 14.7. The monoisotopic (exact) mass is 436 g/mol. The van der Waals surface area contributed by atoms with Crippen molar-refractivity contribution in [2.45, 2.75) is 72.1 Å². The fourth-order valence-corrected chi connectivity index (χ4v) is 5.07. The summed E-state index contributed by atoms with van der Waals surface area (Å²) in [4.78, 5) is 0. The van der Waals surface area contributed by atoms with Crippen molar-refractivity contribution >= 4 is 11.6 Å². The van der Waals surface area contributed by atoms with Gasteiger partial charge >= 0.3 is 0 Å². The first kappa shape index (κ1) is 23.5. The van der Waals surface area contributed by atoms with Crippen LogP contribution in [0, 0.1) is 19.7 Å². The van der Waals surface area contributed by atoms with Gasteiger partial charge in [-0.2, -0.15) is 0 Å². The molecule has 0 unspecified atom stereocenters. The van der Waals surface area contributed by atoms with Crippen molar-refractivity contribution in [1.82, 2.24) is 0 Å². The van der Waals surface area contributed by atoms with E-state index in [1.54, 1.807) is 6.07 Å². The number of aryl methyl sites for hydroxylation is 2. The van der Waals surface area contributed by atoms with Gasteiger partial charge in [0.2, 0.25) is 0 Å². The second kappa shape index (κ2) is 8.43. The first-order chi connectivity index (χ1) is 14.4. The zero-order valence-electron chi connectivity index (χ0n) is 20.0. The predicted molar refractivity (Wildman–Crippen MR) is 132 cm³/mol. The number of rotatable bonds is 5. The number of halogens is 2. The van der Waals surface area contributed by atoms with E-state index in [1.165, 1.54) is 27.8 Å². The highest BCUT2D eigenvalue weighted by molar-refractivity contribution is 6.30. The van der Waals surface area contributed by atoms with Gasteiger partial charge in [-0.1, -0.05) is 89.5 Å². The minimum absolute atomic E-state index is 0.118. The van der Waals surface area contributed by atoms with E-state index in [9.17, 15) is 4.39 Å². The topological polar surface area (TPSA) is 0 Å². The number of hydrogen-bond donors (Lipinski definition) is 0. The molecule has 2 heteroatoms. The van der Waals surface area contributed by atoms with Crippen LogP contribution < -0.4 is 0 Å². The molecule has 0 radical (unpaired) electrons. The van der Waals surface area contributed by atoms with Crippen LogP contribution in [0.2, 0.25) is 5.02 Å². The highest BCUT2D eigenvalue weighted by Gasteiger charge is 2.30. The molecule has 3 aromatic rings. The SMILES string of the molecule is Cc1cc(C(C)(C)c2ccc(C(C)C)c(F)c2)cc(C)c1C(C)(C)c1cccc(Cl)c1. The van der Waals surface area contributed by atoms with Crippen molar-refractivity contribution in [2.75, 3.05) is 0 Å². The van der Waals surface area contributed by atoms with Crippen molar-refractivity contribution in [3.05, 3.63) is 104 Å². The van der Waals surface area contributed by atoms with Gasteiger partial charge in [0.1, 0.15) is 5.82 Å². The van der Waals surface area contributed by atoms with Crippen LogP contribution in [-0.2, 0) is 10.8 Å². The van der Waals surface area contributed by atoms with Crippen molar-refractivity contribution in [3.8, 4) is 0 Å².